The Kier molecular flexibility index (Phi) is 16.4. The summed E-state index contributed by atoms with van der Waals surface area (Å²) in [4.78, 5) is 17.6. The van der Waals surface area contributed by atoms with E-state index < -0.39 is 67.1 Å². The molecule has 17 heteroatoms. The van der Waals surface area contributed by atoms with E-state index in [2.05, 4.69) is 56.9 Å². The molecule has 2 heterocycles. The molecule has 0 aromatic heterocycles. The van der Waals surface area contributed by atoms with E-state index in [4.69, 9.17) is 46.9 Å². The van der Waals surface area contributed by atoms with Gasteiger partial charge in [-0.1, -0.05) is 63.0 Å². The lowest BCUT2D eigenvalue weighted by Crippen LogP contribution is -2.67. The van der Waals surface area contributed by atoms with E-state index in [1.807, 2.05) is 6.07 Å². The van der Waals surface area contributed by atoms with Gasteiger partial charge in [0.05, 0.1) is 11.1 Å². The van der Waals surface area contributed by atoms with Gasteiger partial charge in [-0.05, 0) is 86.3 Å². The van der Waals surface area contributed by atoms with Crippen LogP contribution >= 0.6 is 23.2 Å². The Morgan fingerprint density at radius 3 is 2.25 bits per heavy atom. The van der Waals surface area contributed by atoms with E-state index in [0.29, 0.717) is 39.4 Å². The minimum atomic E-state index is -1.51. The zero-order valence-electron chi connectivity index (χ0n) is 35.4. The maximum atomic E-state index is 13.0. The highest BCUT2D eigenvalue weighted by atomic mass is 35.5. The maximum absolute atomic E-state index is 13.0. The molecule has 2 aliphatic heterocycles. The third-order valence-corrected chi connectivity index (χ3v) is 11.6. The molecule has 334 valence electrons. The lowest BCUT2D eigenvalue weighted by Gasteiger charge is -2.41. The van der Waals surface area contributed by atoms with E-state index in [1.165, 1.54) is 25.1 Å². The molecule has 2 aromatic rings. The smallest absolute Gasteiger partial charge is 0.247 e. The van der Waals surface area contributed by atoms with E-state index in [1.54, 1.807) is 25.1 Å². The molecule has 0 radical (unpaired) electrons. The standard InChI is InChI=1S/C43H61Cl2N3O12/c1-22(2)17-48(20-43(5,6)19-47(7)8)18-26-10-12-29(31(45)30(26)44)56-14-13-23(3)38-36(53)37(54)42(60-38)59-28-11-9-25(16-27(28)49)15-24(4)41(55)46-32-33(50)35(52)40-39(34(32)51)57-21-58-40/h9-13,15-16,22,32-40,42,49-54H,14,17-21H2,1-8H3,(H,46,55)/t32-,33+,34-,35-,36+,37+,38-,39+,40-,42-/m1/s1. The molecule has 7 N–H and O–H groups in total. The second-order valence-electron chi connectivity index (χ2n) is 17.5. The van der Waals surface area contributed by atoms with Crippen LogP contribution in [0.2, 0.25) is 10.0 Å². The van der Waals surface area contributed by atoms with Crippen molar-refractivity contribution in [1.29, 1.82) is 0 Å². The molecule has 1 saturated carbocycles. The van der Waals surface area contributed by atoms with Crippen LogP contribution in [0.4, 0.5) is 0 Å². The van der Waals surface area contributed by atoms with Gasteiger partial charge in [0.1, 0.15) is 73.0 Å². The summed E-state index contributed by atoms with van der Waals surface area (Å²) in [6.07, 6.45) is -8.01. The van der Waals surface area contributed by atoms with Gasteiger partial charge in [0.2, 0.25) is 12.2 Å². The predicted molar refractivity (Wildman–Crippen MR) is 226 cm³/mol. The number of halogens is 2. The summed E-state index contributed by atoms with van der Waals surface area (Å²) in [5.74, 6) is -0.166. The third kappa shape index (κ3) is 11.7. The van der Waals surface area contributed by atoms with Crippen LogP contribution in [0.5, 0.6) is 17.2 Å². The summed E-state index contributed by atoms with van der Waals surface area (Å²) in [7, 11) is 4.15. The number of aliphatic hydroxyl groups excluding tert-OH is 5. The van der Waals surface area contributed by atoms with Crippen LogP contribution in [0.25, 0.3) is 6.08 Å². The number of hydrogen-bond acceptors (Lipinski definition) is 14. The summed E-state index contributed by atoms with van der Waals surface area (Å²) >= 11 is 13.5. The van der Waals surface area contributed by atoms with Gasteiger partial charge in [-0.25, -0.2) is 0 Å². The zero-order valence-corrected chi connectivity index (χ0v) is 36.9. The van der Waals surface area contributed by atoms with Crippen molar-refractivity contribution in [2.24, 2.45) is 11.3 Å². The number of nitrogens with one attached hydrogen (secondary N) is 1. The van der Waals surface area contributed by atoms with Crippen molar-refractivity contribution in [2.45, 2.75) is 109 Å². The lowest BCUT2D eigenvalue weighted by molar-refractivity contribution is -0.155. The third-order valence-electron chi connectivity index (χ3n) is 10.7. The lowest BCUT2D eigenvalue weighted by atomic mass is 9.83. The fraction of sp³-hybridized carbons (Fsp3) is 0.605. The van der Waals surface area contributed by atoms with Crippen LogP contribution < -0.4 is 14.8 Å². The number of ether oxygens (including phenoxy) is 5. The highest BCUT2D eigenvalue weighted by Gasteiger charge is 2.53. The number of nitrogens with zero attached hydrogens (tertiary/aromatic N) is 2. The van der Waals surface area contributed by atoms with Crippen molar-refractivity contribution >= 4 is 35.2 Å². The first-order valence-electron chi connectivity index (χ1n) is 20.1. The summed E-state index contributed by atoms with van der Waals surface area (Å²) in [5.41, 5.74) is 2.08. The minimum absolute atomic E-state index is 0.0496. The van der Waals surface area contributed by atoms with Gasteiger partial charge in [0, 0.05) is 31.8 Å². The molecule has 3 fully saturated rings. The molecular weight excluding hydrogens is 821 g/mol. The molecule has 2 aromatic carbocycles. The van der Waals surface area contributed by atoms with Crippen LogP contribution in [-0.2, 0) is 25.5 Å². The van der Waals surface area contributed by atoms with Crippen LogP contribution in [-0.4, -0.2) is 155 Å². The van der Waals surface area contributed by atoms with Crippen molar-refractivity contribution in [1.82, 2.24) is 15.1 Å². The zero-order chi connectivity index (χ0) is 44.2. The molecule has 3 aliphatic rings. The molecule has 1 amide bonds. The van der Waals surface area contributed by atoms with Crippen LogP contribution in [0.3, 0.4) is 0 Å². The number of hydrogen-bond donors (Lipinski definition) is 7. The van der Waals surface area contributed by atoms with Gasteiger partial charge in [-0.3, -0.25) is 9.69 Å². The molecule has 1 aliphatic carbocycles. The number of fused-ring (bicyclic) bond motifs is 1. The molecule has 15 nitrogen and oxygen atoms in total. The maximum Gasteiger partial charge on any atom is 0.247 e. The van der Waals surface area contributed by atoms with E-state index >= 15 is 0 Å². The van der Waals surface area contributed by atoms with Crippen molar-refractivity contribution in [3.63, 3.8) is 0 Å². The van der Waals surface area contributed by atoms with E-state index in [9.17, 15) is 35.4 Å². The van der Waals surface area contributed by atoms with Crippen LogP contribution in [0.15, 0.2) is 47.6 Å². The fourth-order valence-corrected chi connectivity index (χ4v) is 8.60. The number of benzene rings is 2. The van der Waals surface area contributed by atoms with Crippen molar-refractivity contribution in [3.05, 3.63) is 68.7 Å². The SMILES string of the molecule is CC(=Cc1ccc(O[C@@H]2O[C@H](C(C)=CCOc3ccc(CN(CC(C)C)CC(C)(C)CN(C)C)c(Cl)c3Cl)[C@@H](O)[C@@H]2O)c(O)c1)C(=O)N[C@@H]1[C@H](O)[C@@H](O)[C@H]2OCO[C@H]2[C@@H]1O. The number of phenolic OH excluding ortho intramolecular Hbond substituents is 1. The van der Waals surface area contributed by atoms with Crippen molar-refractivity contribution in [3.8, 4) is 17.2 Å². The molecular formula is C43H61Cl2N3O12. The Labute approximate surface area is 362 Å². The predicted octanol–water partition coefficient (Wildman–Crippen LogP) is 3.32. The second-order valence-corrected chi connectivity index (χ2v) is 18.3. The Hall–Kier alpha value is -3.03. The average Bonchev–Trinajstić information content (AvgIpc) is 3.77. The Balaban J connectivity index is 1.16. The normalized spacial score (nSPS) is 28.8. The Morgan fingerprint density at radius 2 is 1.60 bits per heavy atom. The number of phenols is 1. The molecule has 10 atom stereocenters. The first kappa shape index (κ1) is 48.0. The van der Waals surface area contributed by atoms with Crippen LogP contribution in [0, 0.1) is 11.3 Å². The summed E-state index contributed by atoms with van der Waals surface area (Å²) in [6, 6.07) is 6.77. The number of aromatic hydroxyl groups is 1. The molecule has 0 bridgehead atoms. The topological polar surface area (TPSA) is 203 Å². The van der Waals surface area contributed by atoms with Gasteiger partial charge in [-0.2, -0.15) is 0 Å². The van der Waals surface area contributed by atoms with E-state index in [0.717, 1.165) is 25.2 Å². The van der Waals surface area contributed by atoms with Gasteiger partial charge < -0.3 is 64.5 Å². The second kappa shape index (κ2) is 20.4. The highest BCUT2D eigenvalue weighted by Crippen LogP contribution is 2.37. The molecule has 60 heavy (non-hydrogen) atoms. The molecule has 2 saturated heterocycles. The fourth-order valence-electron chi connectivity index (χ4n) is 8.14. The number of carbonyl (C=O) groups is 1. The quantitative estimate of drug-likeness (QED) is 0.0901. The average molecular weight is 883 g/mol. The summed E-state index contributed by atoms with van der Waals surface area (Å²) in [6.45, 7) is 15.4. The Morgan fingerprint density at radius 1 is 0.933 bits per heavy atom. The molecule has 0 spiro atoms. The first-order chi connectivity index (χ1) is 28.2. The Bertz CT molecular complexity index is 1860. The van der Waals surface area contributed by atoms with Gasteiger partial charge >= 0.3 is 0 Å². The molecule has 5 rings (SSSR count). The number of amides is 1. The highest BCUT2D eigenvalue weighted by molar-refractivity contribution is 6.43. The van der Waals surface area contributed by atoms with Crippen LogP contribution in [0.1, 0.15) is 52.7 Å². The number of rotatable bonds is 17. The molecule has 0 unspecified atom stereocenters. The van der Waals surface area contributed by atoms with Gasteiger partial charge in [-0.15, -0.1) is 0 Å². The van der Waals surface area contributed by atoms with Gasteiger partial charge in [0.25, 0.3) is 0 Å². The summed E-state index contributed by atoms with van der Waals surface area (Å²) < 4.78 is 28.2. The first-order valence-corrected chi connectivity index (χ1v) is 20.8. The van der Waals surface area contributed by atoms with E-state index in [-0.39, 0.29) is 35.9 Å². The number of carbonyl (C=O) groups excluding carboxylic acids is 1. The largest absolute Gasteiger partial charge is 0.504 e. The van der Waals surface area contributed by atoms with Crippen molar-refractivity contribution in [2.75, 3.05) is 47.1 Å². The monoisotopic (exact) mass is 881 g/mol. The summed E-state index contributed by atoms with van der Waals surface area (Å²) in [5, 5.41) is 67.3. The number of aliphatic hydroxyl groups is 5. The van der Waals surface area contributed by atoms with Crippen molar-refractivity contribution < 1.29 is 59.1 Å². The van der Waals surface area contributed by atoms with Gasteiger partial charge in [0.15, 0.2) is 11.5 Å². The minimum Gasteiger partial charge on any atom is -0.504 e.